The number of halogens is 2. The van der Waals surface area contributed by atoms with Gasteiger partial charge in [0.15, 0.2) is 0 Å². The molecule has 0 aromatic heterocycles. The molecule has 1 atom stereocenters. The Morgan fingerprint density at radius 1 is 1.30 bits per heavy atom. The Bertz CT molecular complexity index is 778. The lowest BCUT2D eigenvalue weighted by molar-refractivity contribution is 0.0105. The summed E-state index contributed by atoms with van der Waals surface area (Å²) in [6, 6.07) is 4.48. The van der Waals surface area contributed by atoms with Gasteiger partial charge in [-0.05, 0) is 63.8 Å². The van der Waals surface area contributed by atoms with Gasteiger partial charge in [-0.15, -0.1) is 0 Å². The molecular formula is C18H26Cl2N2O4S. The molecule has 0 bridgehead atoms. The Labute approximate surface area is 171 Å². The topological polar surface area (TPSA) is 75.7 Å². The number of likely N-dealkylation sites (tertiary alicyclic amines) is 1. The maximum atomic E-state index is 12.5. The zero-order valence-electron chi connectivity index (χ0n) is 15.8. The van der Waals surface area contributed by atoms with Gasteiger partial charge in [0.1, 0.15) is 5.60 Å². The Morgan fingerprint density at radius 2 is 2.00 bits per heavy atom. The van der Waals surface area contributed by atoms with Crippen LogP contribution in [0.1, 0.15) is 45.6 Å². The molecule has 1 aliphatic heterocycles. The maximum Gasteiger partial charge on any atom is 0.410 e. The summed E-state index contributed by atoms with van der Waals surface area (Å²) in [7, 11) is -3.63. The van der Waals surface area contributed by atoms with Gasteiger partial charge in [0.2, 0.25) is 10.0 Å². The van der Waals surface area contributed by atoms with Crippen molar-refractivity contribution < 1.29 is 17.9 Å². The van der Waals surface area contributed by atoms with Crippen LogP contribution in [-0.2, 0) is 20.5 Å². The summed E-state index contributed by atoms with van der Waals surface area (Å²) < 4.78 is 33.0. The Hall–Kier alpha value is -1.02. The smallest absolute Gasteiger partial charge is 0.410 e. The van der Waals surface area contributed by atoms with E-state index in [1.54, 1.807) is 37.8 Å². The first kappa shape index (κ1) is 22.3. The number of sulfonamides is 1. The number of carbonyl (C=O) groups excluding carboxylic acids is 1. The van der Waals surface area contributed by atoms with Gasteiger partial charge in [-0.25, -0.2) is 17.9 Å². The number of hydrogen-bond acceptors (Lipinski definition) is 4. The number of rotatable bonds is 5. The summed E-state index contributed by atoms with van der Waals surface area (Å²) in [5.41, 5.74) is -0.161. The molecular weight excluding hydrogens is 411 g/mol. The molecule has 1 aromatic carbocycles. The summed E-state index contributed by atoms with van der Waals surface area (Å²) >= 11 is 12.0. The number of carbonyl (C=O) groups is 1. The van der Waals surface area contributed by atoms with E-state index in [1.807, 2.05) is 0 Å². The molecule has 1 saturated heterocycles. The number of nitrogens with zero attached hydrogens (tertiary/aromatic N) is 1. The predicted molar refractivity (Wildman–Crippen MR) is 108 cm³/mol. The predicted octanol–water partition coefficient (Wildman–Crippen LogP) is 4.20. The van der Waals surface area contributed by atoms with Crippen molar-refractivity contribution in [3.63, 3.8) is 0 Å². The molecule has 1 amide bonds. The zero-order chi connectivity index (χ0) is 20.2. The molecule has 0 saturated carbocycles. The average Bonchev–Trinajstić information content (AvgIpc) is 2.55. The van der Waals surface area contributed by atoms with Crippen LogP contribution in [0.25, 0.3) is 0 Å². The van der Waals surface area contributed by atoms with Crippen molar-refractivity contribution in [1.82, 2.24) is 9.62 Å². The Balaban J connectivity index is 2.01. The second-order valence-corrected chi connectivity index (χ2v) is 10.3. The highest BCUT2D eigenvalue weighted by atomic mass is 35.5. The lowest BCUT2D eigenvalue weighted by atomic mass is 10.0. The third-order valence-corrected chi connectivity index (χ3v) is 6.05. The largest absolute Gasteiger partial charge is 0.444 e. The van der Waals surface area contributed by atoms with Crippen LogP contribution in [0.3, 0.4) is 0 Å². The number of benzene rings is 1. The SMILES string of the molecule is CC(C)(C)OC(=O)N1CCCCC1CNS(=O)(=O)Cc1cc(Cl)ccc1Cl. The fourth-order valence-electron chi connectivity index (χ4n) is 2.91. The number of nitrogens with one attached hydrogen (secondary N) is 1. The molecule has 0 radical (unpaired) electrons. The van der Waals surface area contributed by atoms with E-state index in [1.165, 1.54) is 6.07 Å². The number of amides is 1. The van der Waals surface area contributed by atoms with Crippen LogP contribution in [0.4, 0.5) is 4.79 Å². The fraction of sp³-hybridized carbons (Fsp3) is 0.611. The highest BCUT2D eigenvalue weighted by molar-refractivity contribution is 7.88. The van der Waals surface area contributed by atoms with Crippen molar-refractivity contribution >= 4 is 39.3 Å². The van der Waals surface area contributed by atoms with Crippen molar-refractivity contribution in [3.8, 4) is 0 Å². The molecule has 27 heavy (non-hydrogen) atoms. The highest BCUT2D eigenvalue weighted by Gasteiger charge is 2.31. The molecule has 2 rings (SSSR count). The van der Waals surface area contributed by atoms with E-state index < -0.39 is 21.7 Å². The van der Waals surface area contributed by atoms with Crippen molar-refractivity contribution in [3.05, 3.63) is 33.8 Å². The van der Waals surface area contributed by atoms with Crippen LogP contribution in [0.15, 0.2) is 18.2 Å². The van der Waals surface area contributed by atoms with Gasteiger partial charge in [0.05, 0.1) is 5.75 Å². The molecule has 1 N–H and O–H groups in total. The standard InChI is InChI=1S/C18H26Cl2N2O4S/c1-18(2,3)26-17(23)22-9-5-4-6-15(22)11-21-27(24,25)12-13-10-14(19)7-8-16(13)20/h7-8,10,15,21H,4-6,9,11-12H2,1-3H3. The molecule has 1 aliphatic rings. The van der Waals surface area contributed by atoms with Crippen LogP contribution in [0, 0.1) is 0 Å². The molecule has 152 valence electrons. The molecule has 1 heterocycles. The lowest BCUT2D eigenvalue weighted by Gasteiger charge is -2.36. The number of ether oxygens (including phenoxy) is 1. The third-order valence-electron chi connectivity index (χ3n) is 4.15. The summed E-state index contributed by atoms with van der Waals surface area (Å²) in [5, 5.41) is 0.769. The highest BCUT2D eigenvalue weighted by Crippen LogP contribution is 2.23. The van der Waals surface area contributed by atoms with Crippen molar-refractivity contribution in [1.29, 1.82) is 0 Å². The van der Waals surface area contributed by atoms with Crippen molar-refractivity contribution in [2.24, 2.45) is 0 Å². The second kappa shape index (κ2) is 8.99. The quantitative estimate of drug-likeness (QED) is 0.749. The Kier molecular flexibility index (Phi) is 7.41. The Morgan fingerprint density at radius 3 is 2.67 bits per heavy atom. The molecule has 1 fully saturated rings. The van der Waals surface area contributed by atoms with Gasteiger partial charge in [-0.1, -0.05) is 23.2 Å². The molecule has 0 spiro atoms. The first-order valence-electron chi connectivity index (χ1n) is 8.88. The lowest BCUT2D eigenvalue weighted by Crippen LogP contribution is -2.50. The van der Waals surface area contributed by atoms with Crippen LogP contribution < -0.4 is 4.72 Å². The molecule has 0 aliphatic carbocycles. The van der Waals surface area contributed by atoms with Gasteiger partial charge in [-0.3, -0.25) is 0 Å². The van der Waals surface area contributed by atoms with Crippen molar-refractivity contribution in [2.75, 3.05) is 13.1 Å². The fourth-order valence-corrected chi connectivity index (χ4v) is 4.56. The van der Waals surface area contributed by atoms with Crippen molar-refractivity contribution in [2.45, 2.75) is 57.4 Å². The molecule has 1 aromatic rings. The van der Waals surface area contributed by atoms with E-state index >= 15 is 0 Å². The van der Waals surface area contributed by atoms with Gasteiger partial charge in [-0.2, -0.15) is 0 Å². The summed E-state index contributed by atoms with van der Waals surface area (Å²) in [6.45, 7) is 6.12. The van der Waals surface area contributed by atoms with Gasteiger partial charge in [0, 0.05) is 29.2 Å². The van der Waals surface area contributed by atoms with Gasteiger partial charge >= 0.3 is 6.09 Å². The summed E-state index contributed by atoms with van der Waals surface area (Å²) in [6.07, 6.45) is 2.12. The van der Waals surface area contributed by atoms with E-state index in [4.69, 9.17) is 27.9 Å². The molecule has 9 heteroatoms. The number of hydrogen-bond donors (Lipinski definition) is 1. The minimum atomic E-state index is -3.63. The van der Waals surface area contributed by atoms with E-state index in [0.29, 0.717) is 22.2 Å². The molecule has 1 unspecified atom stereocenters. The van der Waals surface area contributed by atoms with Crippen LogP contribution in [0.5, 0.6) is 0 Å². The molecule has 6 nitrogen and oxygen atoms in total. The summed E-state index contributed by atoms with van der Waals surface area (Å²) in [4.78, 5) is 14.0. The normalized spacial score (nSPS) is 18.4. The first-order valence-corrected chi connectivity index (χ1v) is 11.3. The second-order valence-electron chi connectivity index (χ2n) is 7.67. The van der Waals surface area contributed by atoms with E-state index in [9.17, 15) is 13.2 Å². The van der Waals surface area contributed by atoms with Crippen LogP contribution in [-0.4, -0.2) is 44.1 Å². The van der Waals surface area contributed by atoms with Gasteiger partial charge in [0.25, 0.3) is 0 Å². The first-order chi connectivity index (χ1) is 12.5. The third kappa shape index (κ3) is 7.14. The average molecular weight is 437 g/mol. The summed E-state index contributed by atoms with van der Waals surface area (Å²) in [5.74, 6) is -0.272. The van der Waals surface area contributed by atoms with E-state index in [2.05, 4.69) is 4.72 Å². The maximum absolute atomic E-state index is 12.5. The van der Waals surface area contributed by atoms with Crippen LogP contribution >= 0.6 is 23.2 Å². The van der Waals surface area contributed by atoms with Gasteiger partial charge < -0.3 is 9.64 Å². The zero-order valence-corrected chi connectivity index (χ0v) is 18.1. The minimum absolute atomic E-state index is 0.139. The van der Waals surface area contributed by atoms with E-state index in [0.717, 1.165) is 19.3 Å². The monoisotopic (exact) mass is 436 g/mol. The number of piperidine rings is 1. The van der Waals surface area contributed by atoms with Crippen LogP contribution in [0.2, 0.25) is 10.0 Å². The minimum Gasteiger partial charge on any atom is -0.444 e. The van der Waals surface area contributed by atoms with E-state index in [-0.39, 0.29) is 18.3 Å².